The molecule has 4 heteroatoms. The molecule has 0 aliphatic heterocycles. The van der Waals surface area contributed by atoms with Crippen LogP contribution in [0.25, 0.3) is 0 Å². The summed E-state index contributed by atoms with van der Waals surface area (Å²) in [6, 6.07) is 6.70. The number of rotatable bonds is 0. The van der Waals surface area contributed by atoms with Gasteiger partial charge in [0.05, 0.1) is 5.69 Å². The zero-order valence-electron chi connectivity index (χ0n) is 5.45. The van der Waals surface area contributed by atoms with Crippen LogP contribution in [0.3, 0.4) is 0 Å². The molecule has 0 saturated carbocycles. The van der Waals surface area contributed by atoms with Crippen molar-refractivity contribution < 1.29 is 24.6 Å². The summed E-state index contributed by atoms with van der Waals surface area (Å²) in [6.45, 7) is 0. The van der Waals surface area contributed by atoms with Crippen molar-refractivity contribution in [2.45, 2.75) is 0 Å². The second-order valence-electron chi connectivity index (χ2n) is 1.56. The van der Waals surface area contributed by atoms with Gasteiger partial charge >= 0.3 is 0 Å². The minimum atomic E-state index is 0. The number of anilines is 1. The first-order valence-corrected chi connectivity index (χ1v) is 2.34. The summed E-state index contributed by atoms with van der Waals surface area (Å²) in [7, 11) is 0. The van der Waals surface area contributed by atoms with Crippen LogP contribution in [0.2, 0.25) is 0 Å². The summed E-state index contributed by atoms with van der Waals surface area (Å²) in [4.78, 5) is 0. The molecule has 0 fully saturated rings. The molecule has 0 atom stereocenters. The minimum Gasteiger partial charge on any atom is -0.506 e. The van der Waals surface area contributed by atoms with E-state index in [1.165, 1.54) is 0 Å². The van der Waals surface area contributed by atoms with Crippen LogP contribution in [0, 0.1) is 0 Å². The summed E-state index contributed by atoms with van der Waals surface area (Å²) in [6.07, 6.45) is 0. The third kappa shape index (κ3) is 3.04. The molecule has 0 radical (unpaired) electrons. The van der Waals surface area contributed by atoms with Crippen molar-refractivity contribution in [3.05, 3.63) is 24.3 Å². The molecule has 3 N–H and O–H groups in total. The fraction of sp³-hybridized carbons (Fsp3) is 0. The third-order valence-corrected chi connectivity index (χ3v) is 0.937. The van der Waals surface area contributed by atoms with Crippen LogP contribution in [0.5, 0.6) is 5.75 Å². The number of para-hydroxylation sites is 2. The first-order valence-electron chi connectivity index (χ1n) is 2.34. The van der Waals surface area contributed by atoms with E-state index in [0.717, 1.165) is 0 Å². The van der Waals surface area contributed by atoms with E-state index in [1.807, 2.05) is 0 Å². The monoisotopic (exact) mass is 209 g/mol. The number of aromatic hydroxyl groups is 1. The average Bonchev–Trinajstić information content (AvgIpc) is 1.77. The number of phenols is 1. The number of hydrogen-bond acceptors (Lipinski definition) is 2. The van der Waals surface area contributed by atoms with Crippen LogP contribution in [-0.4, -0.2) is 5.11 Å². The van der Waals surface area contributed by atoms with E-state index in [0.29, 0.717) is 5.69 Å². The standard InChI is InChI=1S/C6H7NO.ClH.Zn/c7-5-3-1-2-4-6(5)8;;/h1-4,8H,7H2;1H;. The van der Waals surface area contributed by atoms with Crippen LogP contribution in [0.4, 0.5) is 5.69 Å². The Labute approximate surface area is 78.6 Å². The Morgan fingerprint density at radius 3 is 2.00 bits per heavy atom. The molecule has 1 aromatic carbocycles. The Kier molecular flexibility index (Phi) is 6.84. The van der Waals surface area contributed by atoms with Crippen molar-refractivity contribution in [2.75, 3.05) is 5.73 Å². The van der Waals surface area contributed by atoms with Crippen LogP contribution < -0.4 is 5.73 Å². The molecule has 1 aromatic rings. The molecular formula is C6H8ClNOZn. The molecule has 0 aromatic heterocycles. The van der Waals surface area contributed by atoms with Gasteiger partial charge in [-0.25, -0.2) is 0 Å². The first kappa shape index (κ1) is 12.4. The predicted molar refractivity (Wildman–Crippen MR) is 39.8 cm³/mol. The van der Waals surface area contributed by atoms with Gasteiger partial charge in [-0.3, -0.25) is 0 Å². The van der Waals surface area contributed by atoms with Gasteiger partial charge in [-0.2, -0.15) is 0 Å². The van der Waals surface area contributed by atoms with E-state index in [-0.39, 0.29) is 37.6 Å². The van der Waals surface area contributed by atoms with E-state index in [2.05, 4.69) is 0 Å². The SMILES string of the molecule is Cl.Nc1ccccc1O.[Zn]. The van der Waals surface area contributed by atoms with E-state index < -0.39 is 0 Å². The van der Waals surface area contributed by atoms with Gasteiger partial charge in [0.2, 0.25) is 0 Å². The Balaban J connectivity index is 0. The molecule has 0 aliphatic rings. The second kappa shape index (κ2) is 5.51. The van der Waals surface area contributed by atoms with Crippen LogP contribution >= 0.6 is 12.4 Å². The van der Waals surface area contributed by atoms with Crippen molar-refractivity contribution in [1.29, 1.82) is 0 Å². The number of hydrogen-bond donors (Lipinski definition) is 2. The van der Waals surface area contributed by atoms with Gasteiger partial charge < -0.3 is 10.8 Å². The summed E-state index contributed by atoms with van der Waals surface area (Å²) in [5, 5.41) is 8.79. The van der Waals surface area contributed by atoms with Crippen molar-refractivity contribution in [3.8, 4) is 5.75 Å². The van der Waals surface area contributed by atoms with Gasteiger partial charge in [0.25, 0.3) is 0 Å². The molecule has 10 heavy (non-hydrogen) atoms. The minimum absolute atomic E-state index is 0. The second-order valence-corrected chi connectivity index (χ2v) is 1.56. The van der Waals surface area contributed by atoms with Crippen LogP contribution in [0.15, 0.2) is 24.3 Å². The first-order chi connectivity index (χ1) is 3.80. The number of nitrogen functional groups attached to an aromatic ring is 1. The Hall–Kier alpha value is -0.267. The Morgan fingerprint density at radius 1 is 1.20 bits per heavy atom. The van der Waals surface area contributed by atoms with E-state index in [1.54, 1.807) is 24.3 Å². The quantitative estimate of drug-likeness (QED) is 0.387. The van der Waals surface area contributed by atoms with Crippen molar-refractivity contribution in [3.63, 3.8) is 0 Å². The van der Waals surface area contributed by atoms with Crippen molar-refractivity contribution >= 4 is 18.1 Å². The van der Waals surface area contributed by atoms with Crippen molar-refractivity contribution in [2.24, 2.45) is 0 Å². The largest absolute Gasteiger partial charge is 0.506 e. The zero-order valence-corrected chi connectivity index (χ0v) is 9.23. The molecule has 0 saturated heterocycles. The number of halogens is 1. The molecule has 0 aliphatic carbocycles. The molecule has 0 heterocycles. The summed E-state index contributed by atoms with van der Waals surface area (Å²) >= 11 is 0. The predicted octanol–water partition coefficient (Wildman–Crippen LogP) is 1.39. The Bertz CT molecular complexity index is 174. The molecular weight excluding hydrogens is 203 g/mol. The maximum atomic E-state index is 8.79. The van der Waals surface area contributed by atoms with E-state index >= 15 is 0 Å². The number of phenolic OH excluding ortho intramolecular Hbond substituents is 1. The van der Waals surface area contributed by atoms with Gasteiger partial charge in [-0.1, -0.05) is 12.1 Å². The number of benzene rings is 1. The molecule has 1 rings (SSSR count). The van der Waals surface area contributed by atoms with Gasteiger partial charge in [0.15, 0.2) is 0 Å². The summed E-state index contributed by atoms with van der Waals surface area (Å²) < 4.78 is 0. The summed E-state index contributed by atoms with van der Waals surface area (Å²) in [5.41, 5.74) is 5.69. The van der Waals surface area contributed by atoms with Gasteiger partial charge in [-0.05, 0) is 12.1 Å². The van der Waals surface area contributed by atoms with E-state index in [9.17, 15) is 0 Å². The van der Waals surface area contributed by atoms with Crippen molar-refractivity contribution in [1.82, 2.24) is 0 Å². The normalized spacial score (nSPS) is 7.20. The van der Waals surface area contributed by atoms with E-state index in [4.69, 9.17) is 10.8 Å². The molecule has 0 bridgehead atoms. The third-order valence-electron chi connectivity index (χ3n) is 0.937. The molecule has 0 amide bonds. The van der Waals surface area contributed by atoms with Crippen LogP contribution in [0.1, 0.15) is 0 Å². The smallest absolute Gasteiger partial charge is 0.138 e. The molecule has 52 valence electrons. The van der Waals surface area contributed by atoms with Gasteiger partial charge in [0.1, 0.15) is 5.75 Å². The molecule has 0 spiro atoms. The average molecular weight is 211 g/mol. The maximum absolute atomic E-state index is 8.79. The number of nitrogens with two attached hydrogens (primary N) is 1. The van der Waals surface area contributed by atoms with Gasteiger partial charge in [0, 0.05) is 19.5 Å². The van der Waals surface area contributed by atoms with Gasteiger partial charge in [-0.15, -0.1) is 12.4 Å². The fourth-order valence-electron chi connectivity index (χ4n) is 0.488. The topological polar surface area (TPSA) is 46.2 Å². The fourth-order valence-corrected chi connectivity index (χ4v) is 0.488. The molecule has 2 nitrogen and oxygen atoms in total. The summed E-state index contributed by atoms with van der Waals surface area (Å²) in [5.74, 6) is 0.146. The van der Waals surface area contributed by atoms with Crippen LogP contribution in [-0.2, 0) is 19.5 Å². The Morgan fingerprint density at radius 2 is 1.70 bits per heavy atom. The zero-order chi connectivity index (χ0) is 5.98. The maximum Gasteiger partial charge on any atom is 0.138 e. The molecule has 0 unspecified atom stereocenters.